The van der Waals surface area contributed by atoms with Crippen molar-refractivity contribution in [2.75, 3.05) is 11.9 Å². The molecular formula is C23H32BrN5O6. The Balaban J connectivity index is 2.02. The summed E-state index contributed by atoms with van der Waals surface area (Å²) in [4.78, 5) is 62.9. The lowest BCUT2D eigenvalue weighted by atomic mass is 9.83. The van der Waals surface area contributed by atoms with Crippen molar-refractivity contribution >= 4 is 51.5 Å². The minimum absolute atomic E-state index is 0.00161. The number of nitrogens with zero attached hydrogens (tertiary/aromatic N) is 1. The molecule has 1 aromatic carbocycles. The van der Waals surface area contributed by atoms with Crippen LogP contribution in [0.5, 0.6) is 0 Å². The van der Waals surface area contributed by atoms with E-state index < -0.39 is 52.8 Å². The zero-order valence-electron chi connectivity index (χ0n) is 20.7. The molecule has 11 nitrogen and oxygen atoms in total. The van der Waals surface area contributed by atoms with Gasteiger partial charge < -0.3 is 20.7 Å². The predicted octanol–water partition coefficient (Wildman–Crippen LogP) is 2.92. The average molecular weight is 554 g/mol. The Morgan fingerprint density at radius 1 is 1.11 bits per heavy atom. The first-order valence-corrected chi connectivity index (χ1v) is 11.9. The zero-order valence-corrected chi connectivity index (χ0v) is 22.2. The van der Waals surface area contributed by atoms with E-state index in [1.165, 1.54) is 0 Å². The van der Waals surface area contributed by atoms with Crippen LogP contribution in [-0.2, 0) is 19.1 Å². The van der Waals surface area contributed by atoms with Crippen LogP contribution < -0.4 is 21.4 Å². The number of hydrogen-bond acceptors (Lipinski definition) is 6. The van der Waals surface area contributed by atoms with E-state index in [4.69, 9.17) is 4.74 Å². The summed E-state index contributed by atoms with van der Waals surface area (Å²) in [5.41, 5.74) is 0.455. The van der Waals surface area contributed by atoms with E-state index in [9.17, 15) is 24.0 Å². The van der Waals surface area contributed by atoms with Crippen LogP contribution in [0.25, 0.3) is 0 Å². The Morgan fingerprint density at radius 2 is 1.71 bits per heavy atom. The van der Waals surface area contributed by atoms with Crippen LogP contribution >= 0.6 is 15.9 Å². The number of urea groups is 2. The number of amides is 6. The third-order valence-corrected chi connectivity index (χ3v) is 5.80. The smallest absolute Gasteiger partial charge is 0.344 e. The molecule has 1 fully saturated rings. The first-order chi connectivity index (χ1) is 16.1. The van der Waals surface area contributed by atoms with Crippen molar-refractivity contribution in [3.63, 3.8) is 0 Å². The van der Waals surface area contributed by atoms with Gasteiger partial charge in [-0.15, -0.1) is 0 Å². The second kappa shape index (κ2) is 11.1. The monoisotopic (exact) mass is 553 g/mol. The lowest BCUT2D eigenvalue weighted by Crippen LogP contribution is -2.56. The number of esters is 1. The maximum atomic E-state index is 13.2. The normalized spacial score (nSPS) is 18.7. The molecule has 0 aromatic heterocycles. The molecule has 192 valence electrons. The lowest BCUT2D eigenvalue weighted by Gasteiger charge is -2.30. The quantitative estimate of drug-likeness (QED) is 0.287. The van der Waals surface area contributed by atoms with Gasteiger partial charge in [-0.25, -0.2) is 15.0 Å². The Morgan fingerprint density at radius 3 is 2.26 bits per heavy atom. The highest BCUT2D eigenvalue weighted by Gasteiger charge is 2.55. The van der Waals surface area contributed by atoms with Crippen LogP contribution in [0.3, 0.4) is 0 Å². The molecule has 1 aliphatic heterocycles. The third kappa shape index (κ3) is 7.41. The molecule has 1 aliphatic rings. The van der Waals surface area contributed by atoms with Crippen LogP contribution in [0.2, 0.25) is 0 Å². The molecule has 0 radical (unpaired) electrons. The highest BCUT2D eigenvalue weighted by molar-refractivity contribution is 9.10. The van der Waals surface area contributed by atoms with Crippen molar-refractivity contribution < 1.29 is 28.7 Å². The summed E-state index contributed by atoms with van der Waals surface area (Å²) < 4.78 is 6.11. The van der Waals surface area contributed by atoms with E-state index in [1.54, 1.807) is 65.8 Å². The fourth-order valence-corrected chi connectivity index (χ4v) is 3.54. The van der Waals surface area contributed by atoms with Gasteiger partial charge >= 0.3 is 18.0 Å². The Bertz CT molecular complexity index is 991. The van der Waals surface area contributed by atoms with E-state index in [-0.39, 0.29) is 13.0 Å². The second-order valence-electron chi connectivity index (χ2n) is 9.68. The molecule has 1 aromatic rings. The lowest BCUT2D eigenvalue weighted by molar-refractivity contribution is -0.159. The van der Waals surface area contributed by atoms with E-state index in [0.717, 1.165) is 4.47 Å². The van der Waals surface area contributed by atoms with Crippen molar-refractivity contribution in [2.24, 2.45) is 11.8 Å². The van der Waals surface area contributed by atoms with Crippen LogP contribution in [-0.4, -0.2) is 52.5 Å². The molecule has 0 bridgehead atoms. The summed E-state index contributed by atoms with van der Waals surface area (Å²) in [6.07, 6.45) is -0.372. The van der Waals surface area contributed by atoms with Gasteiger partial charge in [-0.1, -0.05) is 36.7 Å². The zero-order chi connectivity index (χ0) is 26.6. The van der Waals surface area contributed by atoms with Crippen molar-refractivity contribution in [2.45, 2.75) is 59.1 Å². The maximum absolute atomic E-state index is 13.2. The molecule has 0 spiro atoms. The predicted molar refractivity (Wildman–Crippen MR) is 132 cm³/mol. The minimum atomic E-state index is -1.57. The SMILES string of the molecule is CC(CNC(=O)CC1(C(C)C)NC(=O)N(NC(=O)Nc2ccc(Br)cc2)C1=O)C(=O)OC(C)(C)C. The van der Waals surface area contributed by atoms with Gasteiger partial charge in [-0.3, -0.25) is 14.4 Å². The van der Waals surface area contributed by atoms with Gasteiger partial charge in [0.25, 0.3) is 5.91 Å². The minimum Gasteiger partial charge on any atom is -0.460 e. The molecule has 1 saturated heterocycles. The Hall–Kier alpha value is -3.15. The first kappa shape index (κ1) is 28.1. The topological polar surface area (TPSA) is 146 Å². The van der Waals surface area contributed by atoms with Gasteiger partial charge in [0.15, 0.2) is 0 Å². The highest BCUT2D eigenvalue weighted by atomic mass is 79.9. The van der Waals surface area contributed by atoms with Crippen molar-refractivity contribution in [1.82, 2.24) is 21.1 Å². The molecule has 4 N–H and O–H groups in total. The number of rotatable bonds is 8. The van der Waals surface area contributed by atoms with Crippen molar-refractivity contribution in [3.05, 3.63) is 28.7 Å². The van der Waals surface area contributed by atoms with E-state index in [1.807, 2.05) is 0 Å². The highest BCUT2D eigenvalue weighted by Crippen LogP contribution is 2.29. The maximum Gasteiger partial charge on any atom is 0.344 e. The molecule has 0 aliphatic carbocycles. The molecule has 1 heterocycles. The number of carbonyl (C=O) groups excluding carboxylic acids is 5. The molecule has 35 heavy (non-hydrogen) atoms. The number of halogens is 1. The van der Waals surface area contributed by atoms with Crippen LogP contribution in [0.1, 0.15) is 48.0 Å². The van der Waals surface area contributed by atoms with Crippen LogP contribution in [0.4, 0.5) is 15.3 Å². The van der Waals surface area contributed by atoms with Gasteiger partial charge in [0.2, 0.25) is 5.91 Å². The van der Waals surface area contributed by atoms with E-state index in [2.05, 4.69) is 37.3 Å². The summed E-state index contributed by atoms with van der Waals surface area (Å²) in [6.45, 7) is 10.2. The van der Waals surface area contributed by atoms with Gasteiger partial charge in [0.05, 0.1) is 12.3 Å². The number of hydrogen-bond donors (Lipinski definition) is 4. The average Bonchev–Trinajstić information content (AvgIpc) is 2.97. The molecule has 0 saturated carbocycles. The molecule has 2 unspecified atom stereocenters. The largest absolute Gasteiger partial charge is 0.460 e. The first-order valence-electron chi connectivity index (χ1n) is 11.1. The molecule has 2 atom stereocenters. The van der Waals surface area contributed by atoms with Gasteiger partial charge in [-0.2, -0.15) is 5.01 Å². The van der Waals surface area contributed by atoms with Crippen molar-refractivity contribution in [1.29, 1.82) is 0 Å². The standard InChI is InChI=1S/C23H32BrN5O6/c1-13(2)23(11-17(30)25-12-14(3)18(31)35-22(4,5)6)19(32)29(21(34)27-23)28-20(33)26-16-9-7-15(24)8-10-16/h7-10,13-14H,11-12H2,1-6H3,(H,25,30)(H,27,34)(H2,26,28,33). The number of benzene rings is 1. The number of carbonyl (C=O) groups is 5. The number of imide groups is 1. The summed E-state index contributed by atoms with van der Waals surface area (Å²) in [5.74, 6) is -2.85. The van der Waals surface area contributed by atoms with E-state index >= 15 is 0 Å². The summed E-state index contributed by atoms with van der Waals surface area (Å²) in [7, 11) is 0. The fraction of sp³-hybridized carbons (Fsp3) is 0.522. The number of hydrazine groups is 1. The summed E-state index contributed by atoms with van der Waals surface area (Å²) in [5, 5.41) is 8.26. The number of anilines is 1. The van der Waals surface area contributed by atoms with Crippen LogP contribution in [0.15, 0.2) is 28.7 Å². The summed E-state index contributed by atoms with van der Waals surface area (Å²) in [6, 6.07) is 5.05. The van der Waals surface area contributed by atoms with Gasteiger partial charge in [0, 0.05) is 16.7 Å². The summed E-state index contributed by atoms with van der Waals surface area (Å²) >= 11 is 3.29. The second-order valence-corrected chi connectivity index (χ2v) is 10.6. The third-order valence-electron chi connectivity index (χ3n) is 5.27. The van der Waals surface area contributed by atoms with Crippen molar-refractivity contribution in [3.8, 4) is 0 Å². The number of ether oxygens (including phenoxy) is 1. The van der Waals surface area contributed by atoms with E-state index in [0.29, 0.717) is 10.7 Å². The molecule has 2 rings (SSSR count). The molecular weight excluding hydrogens is 522 g/mol. The fourth-order valence-electron chi connectivity index (χ4n) is 3.27. The Kier molecular flexibility index (Phi) is 8.88. The number of nitrogens with one attached hydrogen (secondary N) is 4. The van der Waals surface area contributed by atoms with Crippen LogP contribution in [0, 0.1) is 11.8 Å². The van der Waals surface area contributed by atoms with Gasteiger partial charge in [-0.05, 0) is 51.0 Å². The van der Waals surface area contributed by atoms with Gasteiger partial charge in [0.1, 0.15) is 11.1 Å². The molecule has 12 heteroatoms. The Labute approximate surface area is 212 Å². The molecule has 6 amide bonds.